The van der Waals surface area contributed by atoms with Gasteiger partial charge in [-0.2, -0.15) is 0 Å². The number of amides is 1. The number of hydrogen-bond acceptors (Lipinski definition) is 3. The lowest BCUT2D eigenvalue weighted by molar-refractivity contribution is -0.119. The highest BCUT2D eigenvalue weighted by molar-refractivity contribution is 5.95. The van der Waals surface area contributed by atoms with Crippen molar-refractivity contribution in [3.05, 3.63) is 29.8 Å². The Labute approximate surface area is 102 Å². The number of hydrogen-bond donors (Lipinski definition) is 3. The summed E-state index contributed by atoms with van der Waals surface area (Å²) in [5.74, 6) is -0.215. The van der Waals surface area contributed by atoms with Crippen LogP contribution < -0.4 is 11.1 Å². The molecule has 0 aliphatic rings. The molecule has 0 radical (unpaired) electrons. The van der Waals surface area contributed by atoms with Crippen molar-refractivity contribution in [3.8, 4) is 0 Å². The Hall–Kier alpha value is -1.39. The number of nitrogens with one attached hydrogen (secondary N) is 1. The van der Waals surface area contributed by atoms with Gasteiger partial charge in [0.2, 0.25) is 5.91 Å². The van der Waals surface area contributed by atoms with E-state index in [0.717, 1.165) is 5.56 Å². The van der Waals surface area contributed by atoms with Gasteiger partial charge in [0.05, 0.1) is 12.6 Å². The molecule has 0 heterocycles. The predicted octanol–water partition coefficient (Wildman–Crippen LogP) is 1.49. The van der Waals surface area contributed by atoms with Gasteiger partial charge in [0, 0.05) is 5.69 Å². The summed E-state index contributed by atoms with van der Waals surface area (Å²) >= 11 is 0. The van der Waals surface area contributed by atoms with Crippen LogP contribution in [-0.4, -0.2) is 17.1 Å². The number of carbonyl (C=O) groups is 1. The largest absolute Gasteiger partial charge is 0.392 e. The second-order valence-corrected chi connectivity index (χ2v) is 5.19. The van der Waals surface area contributed by atoms with E-state index in [4.69, 9.17) is 10.8 Å². The van der Waals surface area contributed by atoms with E-state index in [1.807, 2.05) is 20.8 Å². The molecular weight excluding hydrogens is 216 g/mol. The van der Waals surface area contributed by atoms with Gasteiger partial charge in [0.15, 0.2) is 0 Å². The van der Waals surface area contributed by atoms with Crippen LogP contribution in [0.2, 0.25) is 0 Å². The molecule has 0 spiro atoms. The molecule has 0 aliphatic heterocycles. The van der Waals surface area contributed by atoms with Crippen LogP contribution in [-0.2, 0) is 11.4 Å². The van der Waals surface area contributed by atoms with Crippen LogP contribution in [0.5, 0.6) is 0 Å². The minimum absolute atomic E-state index is 0.0466. The monoisotopic (exact) mass is 236 g/mol. The van der Waals surface area contributed by atoms with Gasteiger partial charge in [0.25, 0.3) is 0 Å². The first-order chi connectivity index (χ1) is 7.84. The fourth-order valence-corrected chi connectivity index (χ4v) is 1.36. The van der Waals surface area contributed by atoms with Crippen molar-refractivity contribution in [2.75, 3.05) is 5.32 Å². The van der Waals surface area contributed by atoms with Crippen LogP contribution >= 0.6 is 0 Å². The Bertz CT molecular complexity index is 397. The van der Waals surface area contributed by atoms with Gasteiger partial charge in [-0.1, -0.05) is 32.9 Å². The van der Waals surface area contributed by atoms with Crippen molar-refractivity contribution in [1.82, 2.24) is 0 Å². The average molecular weight is 236 g/mol. The maximum absolute atomic E-state index is 11.9. The normalized spacial score (nSPS) is 13.2. The van der Waals surface area contributed by atoms with Gasteiger partial charge in [-0.3, -0.25) is 4.79 Å². The summed E-state index contributed by atoms with van der Waals surface area (Å²) in [7, 11) is 0. The zero-order valence-electron chi connectivity index (χ0n) is 10.5. The Kier molecular flexibility index (Phi) is 4.26. The third-order valence-electron chi connectivity index (χ3n) is 2.59. The molecule has 0 bridgehead atoms. The van der Waals surface area contributed by atoms with Gasteiger partial charge in [0.1, 0.15) is 0 Å². The van der Waals surface area contributed by atoms with Crippen molar-refractivity contribution in [1.29, 1.82) is 0 Å². The zero-order valence-corrected chi connectivity index (χ0v) is 10.5. The van der Waals surface area contributed by atoms with Crippen molar-refractivity contribution >= 4 is 11.6 Å². The molecule has 1 atom stereocenters. The maximum Gasteiger partial charge on any atom is 0.241 e. The van der Waals surface area contributed by atoms with Crippen molar-refractivity contribution < 1.29 is 9.90 Å². The van der Waals surface area contributed by atoms with Gasteiger partial charge in [-0.05, 0) is 23.1 Å². The quantitative estimate of drug-likeness (QED) is 0.744. The fourth-order valence-electron chi connectivity index (χ4n) is 1.36. The van der Waals surface area contributed by atoms with Gasteiger partial charge in [-0.25, -0.2) is 0 Å². The fraction of sp³-hybridized carbons (Fsp3) is 0.462. The smallest absolute Gasteiger partial charge is 0.241 e. The summed E-state index contributed by atoms with van der Waals surface area (Å²) in [5.41, 5.74) is 6.98. The minimum atomic E-state index is -0.569. The Morgan fingerprint density at radius 2 is 2.12 bits per heavy atom. The molecule has 0 saturated heterocycles. The molecule has 1 aromatic rings. The standard InChI is InChI=1S/C13H20N2O2/c1-13(2,3)11(14)12(17)15-10-6-4-5-9(7-10)8-16/h4-7,11,16H,8,14H2,1-3H3,(H,15,17)/t11-/m1/s1. The summed E-state index contributed by atoms with van der Waals surface area (Å²) in [6, 6.07) is 6.50. The first-order valence-corrected chi connectivity index (χ1v) is 5.61. The highest BCUT2D eigenvalue weighted by Gasteiger charge is 2.27. The molecule has 94 valence electrons. The van der Waals surface area contributed by atoms with Crippen LogP contribution in [0.3, 0.4) is 0 Å². The molecule has 0 unspecified atom stereocenters. The van der Waals surface area contributed by atoms with Gasteiger partial charge < -0.3 is 16.2 Å². The topological polar surface area (TPSA) is 75.4 Å². The molecule has 17 heavy (non-hydrogen) atoms. The lowest BCUT2D eigenvalue weighted by atomic mass is 9.87. The summed E-state index contributed by atoms with van der Waals surface area (Å²) in [4.78, 5) is 11.9. The molecule has 4 heteroatoms. The Morgan fingerprint density at radius 1 is 1.47 bits per heavy atom. The second-order valence-electron chi connectivity index (χ2n) is 5.19. The molecule has 0 saturated carbocycles. The van der Waals surface area contributed by atoms with E-state index >= 15 is 0 Å². The Morgan fingerprint density at radius 3 is 2.65 bits per heavy atom. The number of anilines is 1. The van der Waals surface area contributed by atoms with Crippen LogP contribution in [0.4, 0.5) is 5.69 Å². The number of nitrogens with two attached hydrogens (primary N) is 1. The average Bonchev–Trinajstić information content (AvgIpc) is 2.27. The van der Waals surface area contributed by atoms with Gasteiger partial charge in [-0.15, -0.1) is 0 Å². The molecule has 0 aromatic heterocycles. The number of benzene rings is 1. The molecule has 0 fully saturated rings. The zero-order chi connectivity index (χ0) is 13.1. The third kappa shape index (κ3) is 3.84. The maximum atomic E-state index is 11.9. The van der Waals surface area contributed by atoms with Crippen LogP contribution in [0.1, 0.15) is 26.3 Å². The van der Waals surface area contributed by atoms with Crippen LogP contribution in [0, 0.1) is 5.41 Å². The van der Waals surface area contributed by atoms with E-state index in [0.29, 0.717) is 5.69 Å². The molecular formula is C13H20N2O2. The summed E-state index contributed by atoms with van der Waals surface area (Å²) < 4.78 is 0. The van der Waals surface area contributed by atoms with E-state index in [2.05, 4.69) is 5.32 Å². The molecule has 1 amide bonds. The lowest BCUT2D eigenvalue weighted by Crippen LogP contribution is -2.45. The minimum Gasteiger partial charge on any atom is -0.392 e. The van der Waals surface area contributed by atoms with Crippen molar-refractivity contribution in [2.24, 2.45) is 11.1 Å². The summed E-state index contributed by atoms with van der Waals surface area (Å²) in [5, 5.41) is 11.7. The van der Waals surface area contributed by atoms with E-state index in [9.17, 15) is 4.79 Å². The summed E-state index contributed by atoms with van der Waals surface area (Å²) in [6.07, 6.45) is 0. The van der Waals surface area contributed by atoms with E-state index in [1.165, 1.54) is 0 Å². The number of carbonyl (C=O) groups excluding carboxylic acids is 1. The number of rotatable bonds is 3. The van der Waals surface area contributed by atoms with Crippen molar-refractivity contribution in [3.63, 3.8) is 0 Å². The summed E-state index contributed by atoms with van der Waals surface area (Å²) in [6.45, 7) is 5.71. The second kappa shape index (κ2) is 5.29. The molecule has 1 aromatic carbocycles. The van der Waals surface area contributed by atoms with E-state index < -0.39 is 6.04 Å². The SMILES string of the molecule is CC(C)(C)[C@H](N)C(=O)Nc1cccc(CO)c1. The highest BCUT2D eigenvalue weighted by Crippen LogP contribution is 2.19. The number of aliphatic hydroxyl groups excluding tert-OH is 1. The van der Waals surface area contributed by atoms with Crippen LogP contribution in [0.15, 0.2) is 24.3 Å². The molecule has 0 aliphatic carbocycles. The number of aliphatic hydroxyl groups is 1. The first-order valence-electron chi connectivity index (χ1n) is 5.61. The lowest BCUT2D eigenvalue weighted by Gasteiger charge is -2.25. The van der Waals surface area contributed by atoms with Gasteiger partial charge >= 0.3 is 0 Å². The van der Waals surface area contributed by atoms with Crippen molar-refractivity contribution in [2.45, 2.75) is 33.4 Å². The van der Waals surface area contributed by atoms with Crippen LogP contribution in [0.25, 0.3) is 0 Å². The molecule has 1 rings (SSSR count). The highest BCUT2D eigenvalue weighted by atomic mass is 16.3. The predicted molar refractivity (Wildman–Crippen MR) is 68.4 cm³/mol. The molecule has 4 N–H and O–H groups in total. The first kappa shape index (κ1) is 13.7. The van der Waals surface area contributed by atoms with E-state index in [-0.39, 0.29) is 17.9 Å². The Balaban J connectivity index is 2.74. The molecule has 4 nitrogen and oxygen atoms in total. The third-order valence-corrected chi connectivity index (χ3v) is 2.59. The van der Waals surface area contributed by atoms with E-state index in [1.54, 1.807) is 24.3 Å².